The Labute approximate surface area is 115 Å². The summed E-state index contributed by atoms with van der Waals surface area (Å²) in [6, 6.07) is 7.34. The molecule has 2 heteroatoms. The van der Waals surface area contributed by atoms with Crippen molar-refractivity contribution < 1.29 is 4.39 Å². The molecule has 1 aromatic carbocycles. The molecule has 0 spiro atoms. The molecule has 2 aliphatic rings. The number of hydrogen-bond acceptors (Lipinski definition) is 1. The summed E-state index contributed by atoms with van der Waals surface area (Å²) in [4.78, 5) is 0. The Balaban J connectivity index is 1.85. The van der Waals surface area contributed by atoms with Crippen molar-refractivity contribution in [1.82, 2.24) is 5.32 Å². The Morgan fingerprint density at radius 1 is 1.32 bits per heavy atom. The highest BCUT2D eigenvalue weighted by molar-refractivity contribution is 5.25. The lowest BCUT2D eigenvalue weighted by molar-refractivity contribution is 0.110. The molecule has 2 unspecified atom stereocenters. The van der Waals surface area contributed by atoms with Crippen molar-refractivity contribution in [2.45, 2.75) is 44.9 Å². The molecule has 1 saturated heterocycles. The van der Waals surface area contributed by atoms with Crippen molar-refractivity contribution in [3.05, 3.63) is 35.6 Å². The first-order chi connectivity index (χ1) is 9.19. The van der Waals surface area contributed by atoms with Crippen molar-refractivity contribution in [3.8, 4) is 0 Å². The Morgan fingerprint density at radius 3 is 2.79 bits per heavy atom. The average molecular weight is 261 g/mol. The van der Waals surface area contributed by atoms with Crippen LogP contribution < -0.4 is 5.32 Å². The van der Waals surface area contributed by atoms with E-state index in [2.05, 4.69) is 12.2 Å². The molecular weight excluding hydrogens is 237 g/mol. The third-order valence-electron chi connectivity index (χ3n) is 5.32. The van der Waals surface area contributed by atoms with Crippen LogP contribution in [0.15, 0.2) is 24.3 Å². The van der Waals surface area contributed by atoms with Crippen LogP contribution in [0.25, 0.3) is 0 Å². The van der Waals surface area contributed by atoms with Gasteiger partial charge in [-0.25, -0.2) is 4.39 Å². The van der Waals surface area contributed by atoms with Crippen LogP contribution in [0.3, 0.4) is 0 Å². The maximum atomic E-state index is 14.1. The molecule has 1 nitrogen and oxygen atoms in total. The molecule has 1 saturated carbocycles. The van der Waals surface area contributed by atoms with E-state index < -0.39 is 0 Å². The highest BCUT2D eigenvalue weighted by Crippen LogP contribution is 2.49. The van der Waals surface area contributed by atoms with Crippen LogP contribution in [0.1, 0.15) is 50.5 Å². The Bertz CT molecular complexity index is 441. The molecule has 1 heterocycles. The summed E-state index contributed by atoms with van der Waals surface area (Å²) in [5.41, 5.74) is 1.18. The minimum absolute atomic E-state index is 0.0314. The molecule has 1 aromatic rings. The van der Waals surface area contributed by atoms with E-state index in [1.807, 2.05) is 12.1 Å². The normalized spacial score (nSPS) is 32.0. The quantitative estimate of drug-likeness (QED) is 0.864. The van der Waals surface area contributed by atoms with E-state index in [9.17, 15) is 4.39 Å². The maximum Gasteiger partial charge on any atom is 0.126 e. The summed E-state index contributed by atoms with van der Waals surface area (Å²) >= 11 is 0. The van der Waals surface area contributed by atoms with Crippen LogP contribution in [-0.4, -0.2) is 13.1 Å². The second-order valence-corrected chi connectivity index (χ2v) is 6.68. The Hall–Kier alpha value is -0.890. The van der Waals surface area contributed by atoms with Gasteiger partial charge in [-0.05, 0) is 42.3 Å². The minimum Gasteiger partial charge on any atom is -0.316 e. The smallest absolute Gasteiger partial charge is 0.126 e. The van der Waals surface area contributed by atoms with E-state index in [0.29, 0.717) is 5.92 Å². The SMILES string of the molecule is CC1(CC2CCC2)CCNCC1c1ccccc1F. The van der Waals surface area contributed by atoms with Gasteiger partial charge in [0, 0.05) is 12.5 Å². The number of halogens is 1. The van der Waals surface area contributed by atoms with Gasteiger partial charge in [-0.1, -0.05) is 44.4 Å². The largest absolute Gasteiger partial charge is 0.316 e. The predicted octanol–water partition coefficient (Wildman–Crippen LogP) is 4.10. The fourth-order valence-corrected chi connectivity index (χ4v) is 3.88. The summed E-state index contributed by atoms with van der Waals surface area (Å²) in [5, 5.41) is 3.46. The van der Waals surface area contributed by atoms with Gasteiger partial charge in [0.05, 0.1) is 0 Å². The molecule has 0 amide bonds. The number of rotatable bonds is 3. The Kier molecular flexibility index (Phi) is 3.62. The number of benzene rings is 1. The second kappa shape index (κ2) is 5.24. The van der Waals surface area contributed by atoms with Gasteiger partial charge in [0.1, 0.15) is 5.82 Å². The van der Waals surface area contributed by atoms with Gasteiger partial charge in [-0.2, -0.15) is 0 Å². The number of nitrogens with one attached hydrogen (secondary N) is 1. The zero-order valence-corrected chi connectivity index (χ0v) is 11.8. The number of hydrogen-bond donors (Lipinski definition) is 1. The predicted molar refractivity (Wildman–Crippen MR) is 76.7 cm³/mol. The highest BCUT2D eigenvalue weighted by atomic mass is 19.1. The third kappa shape index (κ3) is 2.55. The summed E-state index contributed by atoms with van der Waals surface area (Å²) in [6.45, 7) is 4.38. The average Bonchev–Trinajstić information content (AvgIpc) is 2.36. The molecule has 0 aromatic heterocycles. The molecule has 19 heavy (non-hydrogen) atoms. The summed E-state index contributed by atoms with van der Waals surface area (Å²) in [7, 11) is 0. The zero-order chi connectivity index (χ0) is 13.3. The first-order valence-electron chi connectivity index (χ1n) is 7.64. The van der Waals surface area contributed by atoms with Crippen LogP contribution in [0.4, 0.5) is 4.39 Å². The summed E-state index contributed by atoms with van der Waals surface area (Å²) in [6.07, 6.45) is 6.60. The van der Waals surface area contributed by atoms with Crippen LogP contribution in [0, 0.1) is 17.2 Å². The monoisotopic (exact) mass is 261 g/mol. The lowest BCUT2D eigenvalue weighted by Crippen LogP contribution is -2.43. The molecular formula is C17H24FN. The molecule has 2 atom stereocenters. The van der Waals surface area contributed by atoms with Gasteiger partial charge in [0.2, 0.25) is 0 Å². The van der Waals surface area contributed by atoms with Crippen molar-refractivity contribution in [1.29, 1.82) is 0 Å². The fraction of sp³-hybridized carbons (Fsp3) is 0.647. The minimum atomic E-state index is -0.0314. The van der Waals surface area contributed by atoms with E-state index in [1.54, 1.807) is 12.1 Å². The van der Waals surface area contributed by atoms with Gasteiger partial charge < -0.3 is 5.32 Å². The lowest BCUT2D eigenvalue weighted by Gasteiger charge is -2.46. The zero-order valence-electron chi connectivity index (χ0n) is 11.8. The fourth-order valence-electron chi connectivity index (χ4n) is 3.88. The van der Waals surface area contributed by atoms with Crippen molar-refractivity contribution in [3.63, 3.8) is 0 Å². The summed E-state index contributed by atoms with van der Waals surface area (Å²) < 4.78 is 14.1. The topological polar surface area (TPSA) is 12.0 Å². The number of piperidine rings is 1. The van der Waals surface area contributed by atoms with Crippen molar-refractivity contribution in [2.24, 2.45) is 11.3 Å². The van der Waals surface area contributed by atoms with Crippen molar-refractivity contribution in [2.75, 3.05) is 13.1 Å². The van der Waals surface area contributed by atoms with E-state index in [-0.39, 0.29) is 11.2 Å². The van der Waals surface area contributed by atoms with Gasteiger partial charge >= 0.3 is 0 Å². The molecule has 0 bridgehead atoms. The molecule has 0 radical (unpaired) electrons. The molecule has 104 valence electrons. The molecule has 1 aliphatic heterocycles. The van der Waals surface area contributed by atoms with E-state index in [0.717, 1.165) is 24.6 Å². The first kappa shape index (κ1) is 13.1. The van der Waals surface area contributed by atoms with Crippen LogP contribution in [0.2, 0.25) is 0 Å². The van der Waals surface area contributed by atoms with E-state index >= 15 is 0 Å². The summed E-state index contributed by atoms with van der Waals surface area (Å²) in [5.74, 6) is 1.18. The lowest BCUT2D eigenvalue weighted by atomic mass is 9.62. The van der Waals surface area contributed by atoms with Crippen molar-refractivity contribution >= 4 is 0 Å². The first-order valence-corrected chi connectivity index (χ1v) is 7.64. The molecule has 2 fully saturated rings. The van der Waals surface area contributed by atoms with Crippen LogP contribution >= 0.6 is 0 Å². The second-order valence-electron chi connectivity index (χ2n) is 6.68. The van der Waals surface area contributed by atoms with Gasteiger partial charge in [0.15, 0.2) is 0 Å². The van der Waals surface area contributed by atoms with Crippen LogP contribution in [-0.2, 0) is 0 Å². The maximum absolute atomic E-state index is 14.1. The Morgan fingerprint density at radius 2 is 2.11 bits per heavy atom. The third-order valence-corrected chi connectivity index (χ3v) is 5.32. The van der Waals surface area contributed by atoms with Gasteiger partial charge in [0.25, 0.3) is 0 Å². The van der Waals surface area contributed by atoms with Gasteiger partial charge in [-0.3, -0.25) is 0 Å². The highest BCUT2D eigenvalue weighted by Gasteiger charge is 2.40. The molecule has 3 rings (SSSR count). The molecule has 1 N–H and O–H groups in total. The molecule has 1 aliphatic carbocycles. The standard InChI is InChI=1S/C17H24FN/c1-17(11-13-5-4-6-13)9-10-19-12-15(17)14-7-2-3-8-16(14)18/h2-3,7-8,13,15,19H,4-6,9-12H2,1H3. The van der Waals surface area contributed by atoms with Gasteiger partial charge in [-0.15, -0.1) is 0 Å². The van der Waals surface area contributed by atoms with E-state index in [4.69, 9.17) is 0 Å². The van der Waals surface area contributed by atoms with Crippen LogP contribution in [0.5, 0.6) is 0 Å². The van der Waals surface area contributed by atoms with E-state index in [1.165, 1.54) is 32.1 Å².